The molecule has 0 aromatic heterocycles. The summed E-state index contributed by atoms with van der Waals surface area (Å²) in [5.74, 6) is 0.403. The number of urea groups is 1. The van der Waals surface area contributed by atoms with E-state index in [1.54, 1.807) is 19.2 Å². The van der Waals surface area contributed by atoms with Crippen molar-refractivity contribution in [3.63, 3.8) is 0 Å². The van der Waals surface area contributed by atoms with Crippen LogP contribution in [-0.4, -0.2) is 19.5 Å². The number of para-hydroxylation sites is 1. The van der Waals surface area contributed by atoms with E-state index in [2.05, 4.69) is 15.4 Å². The molecular formula is C25H19F3N2O3. The van der Waals surface area contributed by atoms with Crippen molar-refractivity contribution in [1.82, 2.24) is 0 Å². The number of carbonyl (C=O) groups is 1. The molecular weight excluding hydrogens is 433 g/mol. The van der Waals surface area contributed by atoms with Gasteiger partial charge in [-0.3, -0.25) is 0 Å². The quantitative estimate of drug-likeness (QED) is 0.341. The standard InChI is InChI=1S/C25H19F3N2O3/c1-32-21-11-8-16-14-18(7-6-17(16)15-21)22-4-2-3-5-23(22)30-24(31)29-19-9-12-20(13-10-19)33-25(26,27)28/h2-15H,1H3,(H2,29,30,31). The van der Waals surface area contributed by atoms with E-state index in [0.29, 0.717) is 11.4 Å². The summed E-state index contributed by atoms with van der Waals surface area (Å²) in [6.45, 7) is 0. The number of ether oxygens (including phenoxy) is 2. The van der Waals surface area contributed by atoms with E-state index in [1.807, 2.05) is 48.5 Å². The van der Waals surface area contributed by atoms with Gasteiger partial charge >= 0.3 is 12.4 Å². The summed E-state index contributed by atoms with van der Waals surface area (Å²) in [5, 5.41) is 7.45. The maximum atomic E-state index is 12.5. The fraction of sp³-hybridized carbons (Fsp3) is 0.0800. The molecule has 0 unspecified atom stereocenters. The number of amides is 2. The molecule has 0 saturated heterocycles. The molecule has 0 bridgehead atoms. The third-order valence-corrected chi connectivity index (χ3v) is 4.88. The number of carbonyl (C=O) groups excluding carboxylic acids is 1. The van der Waals surface area contributed by atoms with Crippen LogP contribution in [0.3, 0.4) is 0 Å². The van der Waals surface area contributed by atoms with Gasteiger partial charge in [0.05, 0.1) is 12.8 Å². The molecule has 0 aliphatic carbocycles. The van der Waals surface area contributed by atoms with Gasteiger partial charge in [0.25, 0.3) is 0 Å². The predicted molar refractivity (Wildman–Crippen MR) is 122 cm³/mol. The summed E-state index contributed by atoms with van der Waals surface area (Å²) in [7, 11) is 1.62. The Morgan fingerprint density at radius 3 is 2.18 bits per heavy atom. The number of nitrogens with one attached hydrogen (secondary N) is 2. The van der Waals surface area contributed by atoms with Gasteiger partial charge in [-0.15, -0.1) is 13.2 Å². The van der Waals surface area contributed by atoms with Crippen molar-refractivity contribution in [3.8, 4) is 22.6 Å². The van der Waals surface area contributed by atoms with E-state index >= 15 is 0 Å². The molecule has 168 valence electrons. The molecule has 0 spiro atoms. The second kappa shape index (κ2) is 9.12. The molecule has 0 heterocycles. The van der Waals surface area contributed by atoms with Crippen molar-refractivity contribution < 1.29 is 27.4 Å². The highest BCUT2D eigenvalue weighted by atomic mass is 19.4. The minimum Gasteiger partial charge on any atom is -0.497 e. The Hall–Kier alpha value is -4.20. The van der Waals surface area contributed by atoms with Crippen LogP contribution in [0.4, 0.5) is 29.3 Å². The van der Waals surface area contributed by atoms with Crippen LogP contribution in [0, 0.1) is 0 Å². The summed E-state index contributed by atoms with van der Waals surface area (Å²) < 4.78 is 46.0. The number of anilines is 2. The highest BCUT2D eigenvalue weighted by Crippen LogP contribution is 2.32. The van der Waals surface area contributed by atoms with Crippen LogP contribution >= 0.6 is 0 Å². The summed E-state index contributed by atoms with van der Waals surface area (Å²) >= 11 is 0. The van der Waals surface area contributed by atoms with Gasteiger partial charge in [-0.1, -0.05) is 36.4 Å². The minimum absolute atomic E-state index is 0.319. The highest BCUT2D eigenvalue weighted by Gasteiger charge is 2.30. The Morgan fingerprint density at radius 2 is 1.45 bits per heavy atom. The smallest absolute Gasteiger partial charge is 0.497 e. The molecule has 0 aliphatic heterocycles. The van der Waals surface area contributed by atoms with E-state index < -0.39 is 12.4 Å². The lowest BCUT2D eigenvalue weighted by Crippen LogP contribution is -2.20. The lowest BCUT2D eigenvalue weighted by molar-refractivity contribution is -0.274. The van der Waals surface area contributed by atoms with Gasteiger partial charge in [-0.2, -0.15) is 0 Å². The van der Waals surface area contributed by atoms with Crippen LogP contribution in [0.5, 0.6) is 11.5 Å². The molecule has 4 aromatic carbocycles. The van der Waals surface area contributed by atoms with Crippen molar-refractivity contribution in [2.45, 2.75) is 6.36 Å². The van der Waals surface area contributed by atoms with Gasteiger partial charge in [0.15, 0.2) is 0 Å². The zero-order valence-electron chi connectivity index (χ0n) is 17.4. The van der Waals surface area contributed by atoms with Gasteiger partial charge in [0.1, 0.15) is 11.5 Å². The molecule has 0 fully saturated rings. The van der Waals surface area contributed by atoms with Crippen LogP contribution in [-0.2, 0) is 0 Å². The lowest BCUT2D eigenvalue weighted by Gasteiger charge is -2.13. The third kappa shape index (κ3) is 5.54. The predicted octanol–water partition coefficient (Wildman–Crippen LogP) is 7.06. The number of fused-ring (bicyclic) bond motifs is 1. The average molecular weight is 452 g/mol. The average Bonchev–Trinajstić information content (AvgIpc) is 2.79. The van der Waals surface area contributed by atoms with Crippen molar-refractivity contribution in [1.29, 1.82) is 0 Å². The largest absolute Gasteiger partial charge is 0.573 e. The van der Waals surface area contributed by atoms with E-state index in [0.717, 1.165) is 39.8 Å². The first-order valence-electron chi connectivity index (χ1n) is 9.92. The first-order chi connectivity index (χ1) is 15.8. The van der Waals surface area contributed by atoms with Crippen molar-refractivity contribution in [2.24, 2.45) is 0 Å². The zero-order valence-corrected chi connectivity index (χ0v) is 17.4. The van der Waals surface area contributed by atoms with Crippen LogP contribution in [0.25, 0.3) is 21.9 Å². The number of hydrogen-bond acceptors (Lipinski definition) is 3. The lowest BCUT2D eigenvalue weighted by atomic mass is 9.99. The summed E-state index contributed by atoms with van der Waals surface area (Å²) in [4.78, 5) is 12.5. The maximum absolute atomic E-state index is 12.5. The Balaban J connectivity index is 1.51. The van der Waals surface area contributed by atoms with E-state index in [1.165, 1.54) is 12.1 Å². The van der Waals surface area contributed by atoms with E-state index in [4.69, 9.17) is 4.74 Å². The van der Waals surface area contributed by atoms with E-state index in [9.17, 15) is 18.0 Å². The second-order valence-corrected chi connectivity index (χ2v) is 7.12. The molecule has 0 atom stereocenters. The van der Waals surface area contributed by atoms with Crippen molar-refractivity contribution >= 4 is 28.2 Å². The summed E-state index contributed by atoms with van der Waals surface area (Å²) in [5.41, 5.74) is 2.63. The number of hydrogen-bond donors (Lipinski definition) is 2. The van der Waals surface area contributed by atoms with Crippen LogP contribution in [0.1, 0.15) is 0 Å². The molecule has 0 aliphatic rings. The van der Waals surface area contributed by atoms with Crippen molar-refractivity contribution in [2.75, 3.05) is 17.7 Å². The van der Waals surface area contributed by atoms with Crippen LogP contribution in [0.15, 0.2) is 84.9 Å². The summed E-state index contributed by atoms with van der Waals surface area (Å²) in [6.07, 6.45) is -4.77. The van der Waals surface area contributed by atoms with Gasteiger partial charge in [-0.05, 0) is 64.9 Å². The van der Waals surface area contributed by atoms with E-state index in [-0.39, 0.29) is 5.75 Å². The molecule has 5 nitrogen and oxygen atoms in total. The molecule has 33 heavy (non-hydrogen) atoms. The van der Waals surface area contributed by atoms with Gasteiger partial charge in [0, 0.05) is 11.3 Å². The van der Waals surface area contributed by atoms with Crippen LogP contribution < -0.4 is 20.1 Å². The number of halogens is 3. The fourth-order valence-electron chi connectivity index (χ4n) is 3.39. The van der Waals surface area contributed by atoms with Crippen molar-refractivity contribution in [3.05, 3.63) is 84.9 Å². The van der Waals surface area contributed by atoms with Crippen LogP contribution in [0.2, 0.25) is 0 Å². The normalized spacial score (nSPS) is 11.2. The zero-order chi connectivity index (χ0) is 23.4. The number of rotatable bonds is 5. The van der Waals surface area contributed by atoms with Gasteiger partial charge in [-0.25, -0.2) is 4.79 Å². The third-order valence-electron chi connectivity index (χ3n) is 4.88. The second-order valence-electron chi connectivity index (χ2n) is 7.12. The monoisotopic (exact) mass is 452 g/mol. The molecule has 0 radical (unpaired) electrons. The fourth-order valence-corrected chi connectivity index (χ4v) is 3.39. The Bertz CT molecular complexity index is 1290. The topological polar surface area (TPSA) is 59.6 Å². The molecule has 8 heteroatoms. The SMILES string of the molecule is COc1ccc2cc(-c3ccccc3NC(=O)Nc3ccc(OC(F)(F)F)cc3)ccc2c1. The molecule has 0 saturated carbocycles. The highest BCUT2D eigenvalue weighted by molar-refractivity contribution is 6.03. The Labute approximate surface area is 187 Å². The first-order valence-corrected chi connectivity index (χ1v) is 9.92. The number of methoxy groups -OCH3 is 1. The maximum Gasteiger partial charge on any atom is 0.573 e. The molecule has 4 rings (SSSR count). The number of alkyl halides is 3. The molecule has 4 aromatic rings. The Morgan fingerprint density at radius 1 is 0.788 bits per heavy atom. The van der Waals surface area contributed by atoms with Gasteiger partial charge in [0.2, 0.25) is 0 Å². The summed E-state index contributed by atoms with van der Waals surface area (Å²) in [6, 6.07) is 23.5. The Kier molecular flexibility index (Phi) is 6.08. The molecule has 2 amide bonds. The molecule has 2 N–H and O–H groups in total. The number of benzene rings is 4. The minimum atomic E-state index is -4.77. The van der Waals surface area contributed by atoms with Gasteiger partial charge < -0.3 is 20.1 Å². The first kappa shape index (κ1) is 22.0.